The Hall–Kier alpha value is -0.510. The largest absolute Gasteiger partial charge is 0.468 e. The lowest BCUT2D eigenvalue weighted by Crippen LogP contribution is -2.25. The second kappa shape index (κ2) is 5.39. The highest BCUT2D eigenvalue weighted by Crippen LogP contribution is 2.23. The third-order valence-electron chi connectivity index (χ3n) is 1.69. The molecule has 0 aliphatic rings. The fourth-order valence-corrected chi connectivity index (χ4v) is 1.55. The summed E-state index contributed by atoms with van der Waals surface area (Å²) in [5, 5.41) is 0. The summed E-state index contributed by atoms with van der Waals surface area (Å²) >= 11 is 1.54. The SMILES string of the molecule is COC(=O)C(C)C(=O)CSC(C)(C)C. The molecule has 0 rings (SSSR count). The van der Waals surface area contributed by atoms with E-state index in [-0.39, 0.29) is 10.5 Å². The number of carbonyl (C=O) groups is 2. The number of hydrogen-bond donors (Lipinski definition) is 0. The van der Waals surface area contributed by atoms with E-state index < -0.39 is 11.9 Å². The fourth-order valence-electron chi connectivity index (χ4n) is 0.721. The maximum atomic E-state index is 11.5. The first-order valence-corrected chi connectivity index (χ1v) is 5.51. The van der Waals surface area contributed by atoms with Crippen LogP contribution in [0.15, 0.2) is 0 Å². The molecule has 1 atom stereocenters. The van der Waals surface area contributed by atoms with Gasteiger partial charge in [0.15, 0.2) is 5.78 Å². The zero-order valence-corrected chi connectivity index (χ0v) is 10.2. The van der Waals surface area contributed by atoms with Crippen LogP contribution in [0.25, 0.3) is 0 Å². The molecule has 0 heterocycles. The highest BCUT2D eigenvalue weighted by Gasteiger charge is 2.23. The summed E-state index contributed by atoms with van der Waals surface area (Å²) in [6, 6.07) is 0. The topological polar surface area (TPSA) is 43.4 Å². The van der Waals surface area contributed by atoms with Crippen molar-refractivity contribution < 1.29 is 14.3 Å². The van der Waals surface area contributed by atoms with Gasteiger partial charge in [0.25, 0.3) is 0 Å². The molecule has 14 heavy (non-hydrogen) atoms. The summed E-state index contributed by atoms with van der Waals surface area (Å²) in [4.78, 5) is 22.5. The first-order chi connectivity index (χ1) is 6.28. The first kappa shape index (κ1) is 13.5. The minimum atomic E-state index is -0.644. The van der Waals surface area contributed by atoms with E-state index in [2.05, 4.69) is 4.74 Å². The molecule has 0 saturated heterocycles. The molecule has 0 fully saturated rings. The highest BCUT2D eigenvalue weighted by molar-refractivity contribution is 8.01. The van der Waals surface area contributed by atoms with Gasteiger partial charge >= 0.3 is 5.97 Å². The van der Waals surface area contributed by atoms with Gasteiger partial charge in [0.05, 0.1) is 12.9 Å². The number of rotatable bonds is 4. The van der Waals surface area contributed by atoms with Crippen molar-refractivity contribution in [2.75, 3.05) is 12.9 Å². The van der Waals surface area contributed by atoms with Gasteiger partial charge in [-0.1, -0.05) is 20.8 Å². The van der Waals surface area contributed by atoms with Crippen molar-refractivity contribution >= 4 is 23.5 Å². The van der Waals surface area contributed by atoms with E-state index in [1.807, 2.05) is 20.8 Å². The summed E-state index contributed by atoms with van der Waals surface area (Å²) in [6.45, 7) is 7.69. The second-order valence-electron chi connectivity index (χ2n) is 4.11. The molecule has 0 aromatic carbocycles. The van der Waals surface area contributed by atoms with Crippen molar-refractivity contribution in [3.05, 3.63) is 0 Å². The number of carbonyl (C=O) groups excluding carboxylic acids is 2. The number of Topliss-reactive ketones (excluding diaryl/α,β-unsaturated/α-hetero) is 1. The van der Waals surface area contributed by atoms with Crippen LogP contribution in [0, 0.1) is 5.92 Å². The van der Waals surface area contributed by atoms with E-state index >= 15 is 0 Å². The van der Waals surface area contributed by atoms with Crippen LogP contribution in [0.3, 0.4) is 0 Å². The zero-order chi connectivity index (χ0) is 11.4. The molecule has 0 N–H and O–H groups in total. The fraction of sp³-hybridized carbons (Fsp3) is 0.800. The van der Waals surface area contributed by atoms with E-state index in [9.17, 15) is 9.59 Å². The predicted octanol–water partition coefficient (Wildman–Crippen LogP) is 1.90. The summed E-state index contributed by atoms with van der Waals surface area (Å²) in [5.41, 5.74) is 0. The highest BCUT2D eigenvalue weighted by atomic mass is 32.2. The van der Waals surface area contributed by atoms with Crippen LogP contribution in [0.1, 0.15) is 27.7 Å². The Bertz CT molecular complexity index is 218. The van der Waals surface area contributed by atoms with Gasteiger partial charge in [-0.25, -0.2) is 0 Å². The number of hydrogen-bond acceptors (Lipinski definition) is 4. The molecule has 0 aliphatic carbocycles. The molecule has 0 radical (unpaired) electrons. The van der Waals surface area contributed by atoms with Gasteiger partial charge in [-0.15, -0.1) is 11.8 Å². The summed E-state index contributed by atoms with van der Waals surface area (Å²) in [7, 11) is 1.29. The maximum absolute atomic E-state index is 11.5. The van der Waals surface area contributed by atoms with Gasteiger partial charge in [0, 0.05) is 4.75 Å². The molecule has 4 heteroatoms. The summed E-state index contributed by atoms with van der Waals surface area (Å²) in [5.74, 6) is -0.809. The van der Waals surface area contributed by atoms with Crippen LogP contribution in [0.4, 0.5) is 0 Å². The first-order valence-electron chi connectivity index (χ1n) is 4.52. The number of ketones is 1. The molecule has 0 aliphatic heterocycles. The van der Waals surface area contributed by atoms with E-state index in [0.717, 1.165) is 0 Å². The number of esters is 1. The molecule has 82 valence electrons. The van der Waals surface area contributed by atoms with E-state index in [1.165, 1.54) is 7.11 Å². The lowest BCUT2D eigenvalue weighted by molar-refractivity contribution is -0.148. The van der Waals surface area contributed by atoms with Crippen molar-refractivity contribution in [2.24, 2.45) is 5.92 Å². The Labute approximate surface area is 89.6 Å². The summed E-state index contributed by atoms with van der Waals surface area (Å²) < 4.78 is 4.54. The Kier molecular flexibility index (Phi) is 5.19. The van der Waals surface area contributed by atoms with Crippen LogP contribution in [0.5, 0.6) is 0 Å². The van der Waals surface area contributed by atoms with Crippen LogP contribution in [0.2, 0.25) is 0 Å². The number of ether oxygens (including phenoxy) is 1. The monoisotopic (exact) mass is 218 g/mol. The Morgan fingerprint density at radius 2 is 1.86 bits per heavy atom. The van der Waals surface area contributed by atoms with Gasteiger partial charge in [-0.2, -0.15) is 0 Å². The van der Waals surface area contributed by atoms with Crippen molar-refractivity contribution in [3.8, 4) is 0 Å². The molecule has 3 nitrogen and oxygen atoms in total. The molecule has 0 bridgehead atoms. The van der Waals surface area contributed by atoms with Gasteiger partial charge in [-0.05, 0) is 6.92 Å². The molecule has 0 aromatic heterocycles. The third-order valence-corrected chi connectivity index (χ3v) is 2.98. The third kappa shape index (κ3) is 5.27. The Morgan fingerprint density at radius 3 is 2.21 bits per heavy atom. The van der Waals surface area contributed by atoms with Crippen LogP contribution >= 0.6 is 11.8 Å². The zero-order valence-electron chi connectivity index (χ0n) is 9.42. The van der Waals surface area contributed by atoms with Gasteiger partial charge < -0.3 is 4.74 Å². The van der Waals surface area contributed by atoms with E-state index in [4.69, 9.17) is 0 Å². The standard InChI is InChI=1S/C10H18O3S/c1-7(9(12)13-5)8(11)6-14-10(2,3)4/h7H,6H2,1-5H3. The summed E-state index contributed by atoms with van der Waals surface area (Å²) in [6.07, 6.45) is 0. The smallest absolute Gasteiger partial charge is 0.315 e. The van der Waals surface area contributed by atoms with Gasteiger partial charge in [-0.3, -0.25) is 9.59 Å². The second-order valence-corrected chi connectivity index (χ2v) is 5.91. The van der Waals surface area contributed by atoms with E-state index in [0.29, 0.717) is 5.75 Å². The average molecular weight is 218 g/mol. The van der Waals surface area contributed by atoms with Crippen molar-refractivity contribution in [1.29, 1.82) is 0 Å². The van der Waals surface area contributed by atoms with Crippen molar-refractivity contribution in [2.45, 2.75) is 32.4 Å². The molecule has 0 aromatic rings. The molecule has 1 unspecified atom stereocenters. The van der Waals surface area contributed by atoms with Crippen molar-refractivity contribution in [1.82, 2.24) is 0 Å². The minimum Gasteiger partial charge on any atom is -0.468 e. The molecular formula is C10H18O3S. The minimum absolute atomic E-state index is 0.0471. The number of methoxy groups -OCH3 is 1. The van der Waals surface area contributed by atoms with Crippen LogP contribution in [-0.4, -0.2) is 29.4 Å². The maximum Gasteiger partial charge on any atom is 0.315 e. The lowest BCUT2D eigenvalue weighted by atomic mass is 10.1. The predicted molar refractivity (Wildman–Crippen MR) is 58.4 cm³/mol. The normalized spacial score (nSPS) is 13.5. The van der Waals surface area contributed by atoms with Gasteiger partial charge in [0.1, 0.15) is 5.92 Å². The lowest BCUT2D eigenvalue weighted by Gasteiger charge is -2.17. The van der Waals surface area contributed by atoms with Crippen molar-refractivity contribution in [3.63, 3.8) is 0 Å². The molecule has 0 saturated carbocycles. The molecule has 0 spiro atoms. The quantitative estimate of drug-likeness (QED) is 0.534. The molecule has 0 amide bonds. The Balaban J connectivity index is 4.03. The van der Waals surface area contributed by atoms with Crippen LogP contribution in [-0.2, 0) is 14.3 Å². The van der Waals surface area contributed by atoms with E-state index in [1.54, 1.807) is 18.7 Å². The molecular weight excluding hydrogens is 200 g/mol. The number of thioether (sulfide) groups is 1. The van der Waals surface area contributed by atoms with Crippen LogP contribution < -0.4 is 0 Å². The Morgan fingerprint density at radius 1 is 1.36 bits per heavy atom. The average Bonchev–Trinajstić information content (AvgIpc) is 2.10. The van der Waals surface area contributed by atoms with Gasteiger partial charge in [0.2, 0.25) is 0 Å².